The van der Waals surface area contributed by atoms with Crippen molar-refractivity contribution in [3.05, 3.63) is 71.8 Å². The molecule has 0 spiro atoms. The van der Waals surface area contributed by atoms with Crippen LogP contribution in [0.5, 0.6) is 0 Å². The van der Waals surface area contributed by atoms with Gasteiger partial charge in [-0.05, 0) is 70.4 Å². The van der Waals surface area contributed by atoms with Gasteiger partial charge in [0.15, 0.2) is 0 Å². The Hall–Kier alpha value is -1.64. The van der Waals surface area contributed by atoms with Gasteiger partial charge >= 0.3 is 0 Å². The van der Waals surface area contributed by atoms with Gasteiger partial charge in [-0.15, -0.1) is 0 Å². The van der Waals surface area contributed by atoms with Crippen LogP contribution in [0.3, 0.4) is 0 Å². The Labute approximate surface area is 173 Å². The smallest absolute Gasteiger partial charge is 0.0518 e. The minimum absolute atomic E-state index is 0.374. The van der Waals surface area contributed by atoms with Gasteiger partial charge in [-0.25, -0.2) is 0 Å². The second kappa shape index (κ2) is 17.5. The zero-order valence-electron chi connectivity index (χ0n) is 18.2. The first-order chi connectivity index (χ1) is 13.7. The van der Waals surface area contributed by atoms with E-state index in [9.17, 15) is 0 Å². The fourth-order valence-corrected chi connectivity index (χ4v) is 2.89. The lowest BCUT2D eigenvalue weighted by Crippen LogP contribution is -2.03. The van der Waals surface area contributed by atoms with E-state index >= 15 is 0 Å². The summed E-state index contributed by atoms with van der Waals surface area (Å²) in [6, 6.07) is 21.3. The van der Waals surface area contributed by atoms with E-state index in [0.717, 1.165) is 19.8 Å². The Morgan fingerprint density at radius 3 is 1.64 bits per heavy atom. The van der Waals surface area contributed by atoms with Crippen LogP contribution in [0.2, 0.25) is 0 Å². The zero-order chi connectivity index (χ0) is 20.3. The summed E-state index contributed by atoms with van der Waals surface area (Å²) in [6.07, 6.45) is 8.86. The topological polar surface area (TPSA) is 18.5 Å². The largest absolute Gasteiger partial charge is 0.382 e. The van der Waals surface area contributed by atoms with Crippen LogP contribution in [0.15, 0.2) is 60.7 Å². The molecule has 0 bridgehead atoms. The molecule has 0 saturated carbocycles. The summed E-state index contributed by atoms with van der Waals surface area (Å²) in [5.74, 6) is 0. The summed E-state index contributed by atoms with van der Waals surface area (Å²) in [5, 5.41) is 0. The highest BCUT2D eigenvalue weighted by Gasteiger charge is 1.95. The maximum absolute atomic E-state index is 5.49. The number of ether oxygens (including phenoxy) is 2. The minimum Gasteiger partial charge on any atom is -0.382 e. The fourth-order valence-electron chi connectivity index (χ4n) is 2.89. The average Bonchev–Trinajstić information content (AvgIpc) is 2.72. The highest BCUT2D eigenvalue weighted by Crippen LogP contribution is 2.06. The van der Waals surface area contributed by atoms with Gasteiger partial charge in [0, 0.05) is 19.8 Å². The van der Waals surface area contributed by atoms with Crippen molar-refractivity contribution < 1.29 is 9.47 Å². The lowest BCUT2D eigenvalue weighted by Gasteiger charge is -2.06. The maximum atomic E-state index is 5.49. The SMILES string of the molecule is CC(C)OCCCCCc1ccccc1.CCOCCCCc1ccccc1. The predicted octanol–water partition coefficient (Wildman–Crippen LogP) is 6.87. The van der Waals surface area contributed by atoms with E-state index in [1.165, 1.54) is 56.1 Å². The summed E-state index contributed by atoms with van der Waals surface area (Å²) >= 11 is 0. The Morgan fingerprint density at radius 2 is 1.14 bits per heavy atom. The number of hydrogen-bond acceptors (Lipinski definition) is 2. The molecule has 2 heteroatoms. The van der Waals surface area contributed by atoms with Crippen LogP contribution < -0.4 is 0 Å². The predicted molar refractivity (Wildman–Crippen MR) is 121 cm³/mol. The molecule has 2 nitrogen and oxygen atoms in total. The molecular weight excluding hydrogens is 344 g/mol. The molecule has 156 valence electrons. The molecule has 0 fully saturated rings. The second-order valence-corrected chi connectivity index (χ2v) is 7.36. The Morgan fingerprint density at radius 1 is 0.643 bits per heavy atom. The van der Waals surface area contributed by atoms with Gasteiger partial charge in [-0.2, -0.15) is 0 Å². The third kappa shape index (κ3) is 14.4. The van der Waals surface area contributed by atoms with Crippen molar-refractivity contribution in [2.75, 3.05) is 19.8 Å². The first kappa shape index (κ1) is 24.4. The summed E-state index contributed by atoms with van der Waals surface area (Å²) in [5.41, 5.74) is 2.88. The lowest BCUT2D eigenvalue weighted by atomic mass is 10.1. The molecule has 28 heavy (non-hydrogen) atoms. The number of rotatable bonds is 13. The van der Waals surface area contributed by atoms with E-state index in [4.69, 9.17) is 9.47 Å². The molecule has 2 aromatic carbocycles. The molecule has 0 aliphatic rings. The van der Waals surface area contributed by atoms with Crippen molar-refractivity contribution in [2.24, 2.45) is 0 Å². The van der Waals surface area contributed by atoms with Gasteiger partial charge in [-0.3, -0.25) is 0 Å². The van der Waals surface area contributed by atoms with Gasteiger partial charge in [0.05, 0.1) is 6.10 Å². The van der Waals surface area contributed by atoms with Crippen molar-refractivity contribution in [1.29, 1.82) is 0 Å². The first-order valence-electron chi connectivity index (χ1n) is 11.0. The summed E-state index contributed by atoms with van der Waals surface area (Å²) in [6.45, 7) is 8.87. The van der Waals surface area contributed by atoms with Crippen LogP contribution in [0.1, 0.15) is 64.0 Å². The van der Waals surface area contributed by atoms with Gasteiger partial charge in [0.25, 0.3) is 0 Å². The van der Waals surface area contributed by atoms with E-state index in [-0.39, 0.29) is 0 Å². The molecule has 2 rings (SSSR count). The molecule has 2 aromatic rings. The minimum atomic E-state index is 0.374. The van der Waals surface area contributed by atoms with Crippen LogP contribution in [0, 0.1) is 0 Å². The Kier molecular flexibility index (Phi) is 15.2. The quantitative estimate of drug-likeness (QED) is 0.351. The Balaban J connectivity index is 0.000000283. The van der Waals surface area contributed by atoms with E-state index in [1.807, 2.05) is 6.92 Å². The van der Waals surface area contributed by atoms with Gasteiger partial charge in [-0.1, -0.05) is 67.1 Å². The van der Waals surface area contributed by atoms with E-state index in [0.29, 0.717) is 6.10 Å². The first-order valence-corrected chi connectivity index (χ1v) is 11.0. The Bertz CT molecular complexity index is 551. The van der Waals surface area contributed by atoms with Gasteiger partial charge < -0.3 is 9.47 Å². The van der Waals surface area contributed by atoms with Crippen molar-refractivity contribution in [2.45, 2.75) is 71.8 Å². The van der Waals surface area contributed by atoms with E-state index in [2.05, 4.69) is 74.5 Å². The van der Waals surface area contributed by atoms with Gasteiger partial charge in [0.1, 0.15) is 0 Å². The van der Waals surface area contributed by atoms with Crippen molar-refractivity contribution in [1.82, 2.24) is 0 Å². The monoisotopic (exact) mass is 384 g/mol. The van der Waals surface area contributed by atoms with Crippen molar-refractivity contribution >= 4 is 0 Å². The number of aryl methyl sites for hydroxylation is 2. The number of unbranched alkanes of at least 4 members (excludes halogenated alkanes) is 3. The van der Waals surface area contributed by atoms with Crippen LogP contribution in [-0.4, -0.2) is 25.9 Å². The van der Waals surface area contributed by atoms with Gasteiger partial charge in [0.2, 0.25) is 0 Å². The third-order valence-corrected chi connectivity index (χ3v) is 4.45. The summed E-state index contributed by atoms with van der Waals surface area (Å²) in [7, 11) is 0. The molecular formula is C26H40O2. The molecule has 0 aliphatic carbocycles. The fraction of sp³-hybridized carbons (Fsp3) is 0.538. The molecule has 0 radical (unpaired) electrons. The van der Waals surface area contributed by atoms with Crippen LogP contribution in [0.25, 0.3) is 0 Å². The molecule has 0 heterocycles. The van der Waals surface area contributed by atoms with E-state index in [1.54, 1.807) is 0 Å². The standard InChI is InChI=1S/C14H22O.C12H18O/c1-13(2)15-12-8-4-7-11-14-9-5-3-6-10-14;1-2-13-11-7-6-10-12-8-4-3-5-9-12/h3,5-6,9-10,13H,4,7-8,11-12H2,1-2H3;3-5,8-9H,2,6-7,10-11H2,1H3. The molecule has 0 aromatic heterocycles. The second-order valence-electron chi connectivity index (χ2n) is 7.36. The van der Waals surface area contributed by atoms with Crippen molar-refractivity contribution in [3.63, 3.8) is 0 Å². The molecule has 0 saturated heterocycles. The van der Waals surface area contributed by atoms with Crippen LogP contribution >= 0.6 is 0 Å². The zero-order valence-corrected chi connectivity index (χ0v) is 18.2. The third-order valence-electron chi connectivity index (χ3n) is 4.45. The molecule has 0 N–H and O–H groups in total. The maximum Gasteiger partial charge on any atom is 0.0518 e. The summed E-state index contributed by atoms with van der Waals surface area (Å²) < 4.78 is 10.8. The highest BCUT2D eigenvalue weighted by atomic mass is 16.5. The lowest BCUT2D eigenvalue weighted by molar-refractivity contribution is 0.0758. The van der Waals surface area contributed by atoms with Crippen molar-refractivity contribution in [3.8, 4) is 0 Å². The average molecular weight is 385 g/mol. The number of hydrogen-bond donors (Lipinski definition) is 0. The molecule has 0 unspecified atom stereocenters. The van der Waals surface area contributed by atoms with Crippen LogP contribution in [0.4, 0.5) is 0 Å². The normalized spacial score (nSPS) is 10.6. The molecule has 0 amide bonds. The molecule has 0 atom stereocenters. The number of benzene rings is 2. The van der Waals surface area contributed by atoms with Crippen LogP contribution in [-0.2, 0) is 22.3 Å². The highest BCUT2D eigenvalue weighted by molar-refractivity contribution is 5.15. The van der Waals surface area contributed by atoms with E-state index < -0.39 is 0 Å². The molecule has 0 aliphatic heterocycles. The summed E-state index contributed by atoms with van der Waals surface area (Å²) in [4.78, 5) is 0.